The van der Waals surface area contributed by atoms with Gasteiger partial charge in [0, 0.05) is 19.1 Å². The van der Waals surface area contributed by atoms with Gasteiger partial charge >= 0.3 is 0 Å². The molecule has 5 heteroatoms. The van der Waals surface area contributed by atoms with Gasteiger partial charge in [-0.25, -0.2) is 0 Å². The average molecular weight is 544 g/mol. The van der Waals surface area contributed by atoms with Crippen LogP contribution in [0.2, 0.25) is 0 Å². The van der Waals surface area contributed by atoms with Crippen LogP contribution in [0.3, 0.4) is 0 Å². The Morgan fingerprint density at radius 1 is 0.806 bits per heavy atom. The third-order valence-corrected chi connectivity index (χ3v) is 6.89. The van der Waals surface area contributed by atoms with Crippen LogP contribution in [0.15, 0.2) is 81.7 Å². The lowest BCUT2D eigenvalue weighted by Gasteiger charge is -2.32. The van der Waals surface area contributed by atoms with E-state index in [1.807, 2.05) is 18.2 Å². The van der Waals surface area contributed by atoms with Crippen LogP contribution in [-0.4, -0.2) is 24.0 Å². The molecule has 0 spiro atoms. The second-order valence-electron chi connectivity index (χ2n) is 8.08. The normalized spacial score (nSPS) is 15.2. The van der Waals surface area contributed by atoms with Crippen molar-refractivity contribution in [2.45, 2.75) is 38.6 Å². The lowest BCUT2D eigenvalue weighted by atomic mass is 10.0. The first-order chi connectivity index (χ1) is 15.2. The standard InChI is InChI=1S/C26H28Br2N2O/c27-24-15-22(16-25(28)26(24)31-19-21-9-5-2-6-10-21)17-29-23-11-13-30(14-12-23)18-20-7-3-1-4-8-20/h1-10,15-16,23,29H,11-14,17-19H2. The topological polar surface area (TPSA) is 24.5 Å². The van der Waals surface area contributed by atoms with Crippen LogP contribution in [0.1, 0.15) is 29.5 Å². The molecule has 162 valence electrons. The van der Waals surface area contributed by atoms with Gasteiger partial charge in [-0.2, -0.15) is 0 Å². The molecule has 0 radical (unpaired) electrons. The molecule has 0 bridgehead atoms. The number of nitrogens with one attached hydrogen (secondary N) is 1. The number of hydrogen-bond acceptors (Lipinski definition) is 3. The zero-order valence-electron chi connectivity index (χ0n) is 17.6. The van der Waals surface area contributed by atoms with Gasteiger partial charge < -0.3 is 10.1 Å². The molecule has 3 aromatic carbocycles. The van der Waals surface area contributed by atoms with Crippen molar-refractivity contribution in [3.63, 3.8) is 0 Å². The van der Waals surface area contributed by atoms with E-state index in [0.29, 0.717) is 12.6 Å². The van der Waals surface area contributed by atoms with Crippen molar-refractivity contribution in [3.05, 3.63) is 98.4 Å². The summed E-state index contributed by atoms with van der Waals surface area (Å²) in [5.74, 6) is 0.849. The summed E-state index contributed by atoms with van der Waals surface area (Å²) in [6.45, 7) is 4.76. The van der Waals surface area contributed by atoms with Crippen LogP contribution < -0.4 is 10.1 Å². The Labute approximate surface area is 202 Å². The largest absolute Gasteiger partial charge is 0.487 e. The summed E-state index contributed by atoms with van der Waals surface area (Å²) in [5.41, 5.74) is 3.81. The van der Waals surface area contributed by atoms with Crippen molar-refractivity contribution in [1.82, 2.24) is 10.2 Å². The van der Waals surface area contributed by atoms with Gasteiger partial charge in [-0.1, -0.05) is 60.7 Å². The molecule has 1 aliphatic rings. The lowest BCUT2D eigenvalue weighted by molar-refractivity contribution is 0.190. The number of piperidine rings is 1. The van der Waals surface area contributed by atoms with Crippen LogP contribution in [0, 0.1) is 0 Å². The molecule has 3 aromatic rings. The molecule has 1 fully saturated rings. The summed E-state index contributed by atoms with van der Waals surface area (Å²) in [6, 6.07) is 25.9. The number of likely N-dealkylation sites (tertiary alicyclic amines) is 1. The minimum Gasteiger partial charge on any atom is -0.487 e. The number of halogens is 2. The molecule has 0 saturated carbocycles. The fourth-order valence-corrected chi connectivity index (χ4v) is 5.49. The summed E-state index contributed by atoms with van der Waals surface area (Å²) in [5, 5.41) is 3.74. The van der Waals surface area contributed by atoms with E-state index in [1.165, 1.54) is 24.0 Å². The van der Waals surface area contributed by atoms with Gasteiger partial charge in [0.1, 0.15) is 12.4 Å². The average Bonchev–Trinajstić information content (AvgIpc) is 2.79. The lowest BCUT2D eigenvalue weighted by Crippen LogP contribution is -2.41. The van der Waals surface area contributed by atoms with Crippen molar-refractivity contribution in [1.29, 1.82) is 0 Å². The van der Waals surface area contributed by atoms with E-state index in [9.17, 15) is 0 Å². The maximum absolute atomic E-state index is 6.04. The predicted octanol–water partition coefficient (Wildman–Crippen LogP) is 6.54. The van der Waals surface area contributed by atoms with E-state index in [0.717, 1.165) is 46.4 Å². The van der Waals surface area contributed by atoms with Gasteiger partial charge in [0.25, 0.3) is 0 Å². The Kier molecular flexibility index (Phi) is 8.20. The molecular formula is C26H28Br2N2O. The van der Waals surface area contributed by atoms with Crippen molar-refractivity contribution in [2.75, 3.05) is 13.1 Å². The summed E-state index contributed by atoms with van der Waals surface area (Å²) >= 11 is 7.37. The van der Waals surface area contributed by atoms with Gasteiger partial charge in [0.2, 0.25) is 0 Å². The molecule has 0 unspecified atom stereocenters. The Balaban J connectivity index is 1.25. The van der Waals surface area contributed by atoms with E-state index in [1.54, 1.807) is 0 Å². The first kappa shape index (κ1) is 22.5. The summed E-state index contributed by atoms with van der Waals surface area (Å²) < 4.78 is 8.00. The zero-order valence-corrected chi connectivity index (χ0v) is 20.7. The Morgan fingerprint density at radius 2 is 1.39 bits per heavy atom. The monoisotopic (exact) mass is 542 g/mol. The van der Waals surface area contributed by atoms with Crippen LogP contribution >= 0.6 is 31.9 Å². The SMILES string of the molecule is Brc1cc(CNC2CCN(Cc3ccccc3)CC2)cc(Br)c1OCc1ccccc1. The third-order valence-electron chi connectivity index (χ3n) is 5.72. The van der Waals surface area contributed by atoms with Gasteiger partial charge in [0.15, 0.2) is 0 Å². The van der Waals surface area contributed by atoms with Crippen LogP contribution in [-0.2, 0) is 19.7 Å². The summed E-state index contributed by atoms with van der Waals surface area (Å²) in [7, 11) is 0. The van der Waals surface area contributed by atoms with Crippen LogP contribution in [0.4, 0.5) is 0 Å². The predicted molar refractivity (Wildman–Crippen MR) is 134 cm³/mol. The van der Waals surface area contributed by atoms with E-state index >= 15 is 0 Å². The van der Waals surface area contributed by atoms with Crippen LogP contribution in [0.5, 0.6) is 5.75 Å². The molecule has 0 aliphatic carbocycles. The van der Waals surface area contributed by atoms with E-state index in [-0.39, 0.29) is 0 Å². The Morgan fingerprint density at radius 3 is 2.00 bits per heavy atom. The third kappa shape index (κ3) is 6.66. The minimum absolute atomic E-state index is 0.553. The molecular weight excluding hydrogens is 516 g/mol. The summed E-state index contributed by atoms with van der Waals surface area (Å²) in [6.07, 6.45) is 2.38. The van der Waals surface area contributed by atoms with Crippen molar-refractivity contribution in [3.8, 4) is 5.75 Å². The first-order valence-corrected chi connectivity index (χ1v) is 12.4. The van der Waals surface area contributed by atoms with Gasteiger partial charge in [-0.3, -0.25) is 4.90 Å². The Hall–Kier alpha value is -1.66. The highest BCUT2D eigenvalue weighted by Crippen LogP contribution is 2.35. The number of benzene rings is 3. The highest BCUT2D eigenvalue weighted by atomic mass is 79.9. The van der Waals surface area contributed by atoms with Crippen molar-refractivity contribution >= 4 is 31.9 Å². The molecule has 1 saturated heterocycles. The molecule has 1 N–H and O–H groups in total. The van der Waals surface area contributed by atoms with Gasteiger partial charge in [-0.05, 0) is 86.6 Å². The van der Waals surface area contributed by atoms with E-state index < -0.39 is 0 Å². The van der Waals surface area contributed by atoms with E-state index in [4.69, 9.17) is 4.74 Å². The fourth-order valence-electron chi connectivity index (χ4n) is 3.98. The molecule has 1 heterocycles. The number of nitrogens with zero attached hydrogens (tertiary/aromatic N) is 1. The molecule has 0 atom stereocenters. The number of hydrogen-bond donors (Lipinski definition) is 1. The quantitative estimate of drug-likeness (QED) is 0.349. The van der Waals surface area contributed by atoms with Crippen LogP contribution in [0.25, 0.3) is 0 Å². The maximum Gasteiger partial charge on any atom is 0.148 e. The van der Waals surface area contributed by atoms with Crippen molar-refractivity contribution < 1.29 is 4.74 Å². The summed E-state index contributed by atoms with van der Waals surface area (Å²) in [4.78, 5) is 2.56. The molecule has 1 aliphatic heterocycles. The molecule has 3 nitrogen and oxygen atoms in total. The number of ether oxygens (including phenoxy) is 1. The smallest absolute Gasteiger partial charge is 0.148 e. The zero-order chi connectivity index (χ0) is 21.5. The first-order valence-electron chi connectivity index (χ1n) is 10.8. The molecule has 31 heavy (non-hydrogen) atoms. The maximum atomic E-state index is 6.04. The van der Waals surface area contributed by atoms with E-state index in [2.05, 4.69) is 96.7 Å². The molecule has 0 aromatic heterocycles. The highest BCUT2D eigenvalue weighted by molar-refractivity contribution is 9.11. The molecule has 0 amide bonds. The molecule has 4 rings (SSSR count). The Bertz CT molecular complexity index is 935. The second kappa shape index (κ2) is 11.3. The second-order valence-corrected chi connectivity index (χ2v) is 9.79. The van der Waals surface area contributed by atoms with Gasteiger partial charge in [0.05, 0.1) is 8.95 Å². The fraction of sp³-hybridized carbons (Fsp3) is 0.308. The number of rotatable bonds is 8. The van der Waals surface area contributed by atoms with Gasteiger partial charge in [-0.15, -0.1) is 0 Å². The highest BCUT2D eigenvalue weighted by Gasteiger charge is 2.19. The van der Waals surface area contributed by atoms with Crippen molar-refractivity contribution in [2.24, 2.45) is 0 Å². The minimum atomic E-state index is 0.553.